The molecule has 2 aromatic rings. The number of rotatable bonds is 3. The van der Waals surface area contributed by atoms with Gasteiger partial charge in [0.2, 0.25) is 0 Å². The third-order valence-electron chi connectivity index (χ3n) is 2.51. The topological polar surface area (TPSA) is 106 Å². The van der Waals surface area contributed by atoms with Crippen LogP contribution in [0.3, 0.4) is 0 Å². The molecule has 0 fully saturated rings. The third-order valence-corrected chi connectivity index (χ3v) is 2.51. The first-order valence-electron chi connectivity index (χ1n) is 5.49. The molecule has 0 aliphatic rings. The smallest absolute Gasteiger partial charge is 0.276 e. The van der Waals surface area contributed by atoms with E-state index in [-0.39, 0.29) is 17.4 Å². The van der Waals surface area contributed by atoms with Crippen LogP contribution in [0.4, 0.5) is 5.69 Å². The van der Waals surface area contributed by atoms with Crippen molar-refractivity contribution in [2.24, 2.45) is 17.9 Å². The zero-order chi connectivity index (χ0) is 13.8. The minimum absolute atomic E-state index is 0.0723. The van der Waals surface area contributed by atoms with Gasteiger partial charge in [0.15, 0.2) is 11.5 Å². The molecule has 0 saturated heterocycles. The van der Waals surface area contributed by atoms with Crippen LogP contribution in [-0.4, -0.2) is 26.7 Å². The van der Waals surface area contributed by atoms with E-state index in [4.69, 9.17) is 10.9 Å². The number of anilines is 1. The quantitative estimate of drug-likeness (QED) is 0.327. The second kappa shape index (κ2) is 5.21. The fourth-order valence-corrected chi connectivity index (χ4v) is 1.59. The van der Waals surface area contributed by atoms with E-state index in [2.05, 4.69) is 15.6 Å². The van der Waals surface area contributed by atoms with E-state index in [0.717, 1.165) is 0 Å². The highest BCUT2D eigenvalue weighted by molar-refractivity contribution is 6.09. The van der Waals surface area contributed by atoms with Crippen LogP contribution in [-0.2, 0) is 7.05 Å². The lowest BCUT2D eigenvalue weighted by atomic mass is 10.1. The Hall–Kier alpha value is -2.83. The number of nitrogens with zero attached hydrogens (tertiary/aromatic N) is 3. The highest BCUT2D eigenvalue weighted by Gasteiger charge is 2.12. The largest absolute Gasteiger partial charge is 0.409 e. The number of aryl methyl sites for hydroxylation is 1. The first-order chi connectivity index (χ1) is 9.11. The SMILES string of the molecule is Cn1ccc(C(=O)Nc2ccccc2/C(N)=N/O)n1. The van der Waals surface area contributed by atoms with Crippen molar-refractivity contribution in [1.29, 1.82) is 0 Å². The first kappa shape index (κ1) is 12.6. The maximum absolute atomic E-state index is 12.0. The average molecular weight is 259 g/mol. The van der Waals surface area contributed by atoms with Gasteiger partial charge >= 0.3 is 0 Å². The summed E-state index contributed by atoms with van der Waals surface area (Å²) in [6.07, 6.45) is 1.67. The van der Waals surface area contributed by atoms with E-state index in [0.29, 0.717) is 11.3 Å². The molecule has 98 valence electrons. The number of carbonyl (C=O) groups excluding carboxylic acids is 1. The van der Waals surface area contributed by atoms with E-state index >= 15 is 0 Å². The summed E-state index contributed by atoms with van der Waals surface area (Å²) in [5.41, 5.74) is 6.72. The molecule has 0 atom stereocenters. The summed E-state index contributed by atoms with van der Waals surface area (Å²) < 4.78 is 1.53. The predicted octanol–water partition coefficient (Wildman–Crippen LogP) is 0.767. The Morgan fingerprint density at radius 3 is 2.79 bits per heavy atom. The number of nitrogens with one attached hydrogen (secondary N) is 1. The molecule has 0 unspecified atom stereocenters. The van der Waals surface area contributed by atoms with Crippen LogP contribution in [0, 0.1) is 0 Å². The minimum Gasteiger partial charge on any atom is -0.409 e. The summed E-state index contributed by atoms with van der Waals surface area (Å²) in [7, 11) is 1.72. The molecule has 0 saturated carbocycles. The second-order valence-electron chi connectivity index (χ2n) is 3.86. The van der Waals surface area contributed by atoms with Gasteiger partial charge in [-0.05, 0) is 18.2 Å². The van der Waals surface area contributed by atoms with Crippen molar-refractivity contribution in [2.45, 2.75) is 0 Å². The van der Waals surface area contributed by atoms with Gasteiger partial charge in [0.25, 0.3) is 5.91 Å². The summed E-state index contributed by atoms with van der Waals surface area (Å²) in [4.78, 5) is 12.0. The van der Waals surface area contributed by atoms with Gasteiger partial charge < -0.3 is 16.3 Å². The number of para-hydroxylation sites is 1. The molecule has 4 N–H and O–H groups in total. The monoisotopic (exact) mass is 259 g/mol. The molecule has 0 bridgehead atoms. The molecule has 0 radical (unpaired) electrons. The Bertz CT molecular complexity index is 633. The van der Waals surface area contributed by atoms with Crippen LogP contribution in [0.1, 0.15) is 16.1 Å². The van der Waals surface area contributed by atoms with Crippen molar-refractivity contribution in [2.75, 3.05) is 5.32 Å². The molecule has 0 spiro atoms. The Kier molecular flexibility index (Phi) is 3.46. The van der Waals surface area contributed by atoms with Gasteiger partial charge in [0.05, 0.1) is 5.69 Å². The van der Waals surface area contributed by atoms with Gasteiger partial charge in [-0.1, -0.05) is 17.3 Å². The molecule has 2 rings (SSSR count). The first-order valence-corrected chi connectivity index (χ1v) is 5.49. The minimum atomic E-state index is -0.362. The lowest BCUT2D eigenvalue weighted by Crippen LogP contribution is -2.19. The molecular weight excluding hydrogens is 246 g/mol. The number of amides is 1. The summed E-state index contributed by atoms with van der Waals surface area (Å²) in [5.74, 6) is -0.435. The zero-order valence-electron chi connectivity index (χ0n) is 10.2. The Morgan fingerprint density at radius 1 is 1.42 bits per heavy atom. The lowest BCUT2D eigenvalue weighted by Gasteiger charge is -2.08. The molecule has 7 heteroatoms. The molecule has 1 aromatic carbocycles. The lowest BCUT2D eigenvalue weighted by molar-refractivity contribution is 0.102. The molecular formula is C12H13N5O2. The van der Waals surface area contributed by atoms with Gasteiger partial charge in [-0.3, -0.25) is 9.48 Å². The maximum Gasteiger partial charge on any atom is 0.276 e. The van der Waals surface area contributed by atoms with Crippen LogP contribution in [0.25, 0.3) is 0 Å². The molecule has 7 nitrogen and oxygen atoms in total. The fourth-order valence-electron chi connectivity index (χ4n) is 1.59. The van der Waals surface area contributed by atoms with Crippen LogP contribution >= 0.6 is 0 Å². The van der Waals surface area contributed by atoms with Crippen LogP contribution in [0.2, 0.25) is 0 Å². The van der Waals surface area contributed by atoms with E-state index < -0.39 is 0 Å². The van der Waals surface area contributed by atoms with Crippen molar-refractivity contribution in [3.8, 4) is 0 Å². The molecule has 0 aliphatic carbocycles. The number of benzene rings is 1. The van der Waals surface area contributed by atoms with Crippen LogP contribution < -0.4 is 11.1 Å². The van der Waals surface area contributed by atoms with Crippen LogP contribution in [0.15, 0.2) is 41.7 Å². The number of oxime groups is 1. The highest BCUT2D eigenvalue weighted by atomic mass is 16.4. The highest BCUT2D eigenvalue weighted by Crippen LogP contribution is 2.15. The Morgan fingerprint density at radius 2 is 2.16 bits per heavy atom. The van der Waals surface area contributed by atoms with Crippen molar-refractivity contribution in [3.63, 3.8) is 0 Å². The number of hydrogen-bond donors (Lipinski definition) is 3. The maximum atomic E-state index is 12.0. The normalized spacial score (nSPS) is 11.3. The van der Waals surface area contributed by atoms with Crippen molar-refractivity contribution in [1.82, 2.24) is 9.78 Å². The molecule has 0 aliphatic heterocycles. The average Bonchev–Trinajstić information content (AvgIpc) is 2.85. The summed E-state index contributed by atoms with van der Waals surface area (Å²) in [6.45, 7) is 0. The van der Waals surface area contributed by atoms with E-state index in [9.17, 15) is 4.79 Å². The molecule has 1 heterocycles. The molecule has 1 amide bonds. The second-order valence-corrected chi connectivity index (χ2v) is 3.86. The number of aromatic nitrogens is 2. The van der Waals surface area contributed by atoms with Gasteiger partial charge in [-0.25, -0.2) is 0 Å². The van der Waals surface area contributed by atoms with Gasteiger partial charge in [-0.15, -0.1) is 0 Å². The number of nitrogens with two attached hydrogens (primary N) is 1. The summed E-state index contributed by atoms with van der Waals surface area (Å²) >= 11 is 0. The summed E-state index contributed by atoms with van der Waals surface area (Å²) in [5, 5.41) is 18.3. The Balaban J connectivity index is 2.27. The fraction of sp³-hybridized carbons (Fsp3) is 0.0833. The number of carbonyl (C=O) groups is 1. The number of hydrogen-bond acceptors (Lipinski definition) is 4. The van der Waals surface area contributed by atoms with Crippen molar-refractivity contribution < 1.29 is 10.0 Å². The zero-order valence-corrected chi connectivity index (χ0v) is 10.2. The van der Waals surface area contributed by atoms with Gasteiger partial charge in [0, 0.05) is 18.8 Å². The van der Waals surface area contributed by atoms with Gasteiger partial charge in [-0.2, -0.15) is 5.10 Å². The van der Waals surface area contributed by atoms with Crippen molar-refractivity contribution >= 4 is 17.4 Å². The molecule has 1 aromatic heterocycles. The van der Waals surface area contributed by atoms with Gasteiger partial charge in [0.1, 0.15) is 0 Å². The van der Waals surface area contributed by atoms with E-state index in [1.165, 1.54) is 4.68 Å². The van der Waals surface area contributed by atoms with E-state index in [1.807, 2.05) is 0 Å². The predicted molar refractivity (Wildman–Crippen MR) is 70.1 cm³/mol. The molecule has 19 heavy (non-hydrogen) atoms. The van der Waals surface area contributed by atoms with E-state index in [1.54, 1.807) is 43.6 Å². The Labute approximate surface area is 109 Å². The van der Waals surface area contributed by atoms with Crippen molar-refractivity contribution in [3.05, 3.63) is 47.8 Å². The van der Waals surface area contributed by atoms with Crippen LogP contribution in [0.5, 0.6) is 0 Å². The number of amidine groups is 1. The third kappa shape index (κ3) is 2.71. The standard InChI is InChI=1S/C12H13N5O2/c1-17-7-6-10(15-17)12(18)14-9-5-3-2-4-8(9)11(13)16-19/h2-7,19H,1H3,(H2,13,16)(H,14,18). The summed E-state index contributed by atoms with van der Waals surface area (Å²) in [6, 6.07) is 8.37.